The van der Waals surface area contributed by atoms with Crippen LogP contribution in [-0.4, -0.2) is 30.6 Å². The third-order valence-corrected chi connectivity index (χ3v) is 7.25. The molecule has 0 N–H and O–H groups in total. The van der Waals surface area contributed by atoms with Crippen LogP contribution in [0.4, 0.5) is 4.39 Å². The largest absolute Gasteiger partial charge is 0.492 e. The molecule has 3 fully saturated rings. The summed E-state index contributed by atoms with van der Waals surface area (Å²) in [4.78, 5) is 2.75. The lowest BCUT2D eigenvalue weighted by Gasteiger charge is -2.55. The number of halogens is 1. The highest BCUT2D eigenvalue weighted by atomic mass is 19.1. The number of fused-ring (bicyclic) bond motifs is 3. The first-order chi connectivity index (χ1) is 11.3. The Balaban J connectivity index is 1.30. The minimum Gasteiger partial charge on any atom is -0.492 e. The van der Waals surface area contributed by atoms with E-state index in [1.165, 1.54) is 38.2 Å². The molecule has 0 bridgehead atoms. The number of piperidine rings is 1. The van der Waals surface area contributed by atoms with Crippen molar-refractivity contribution < 1.29 is 9.13 Å². The van der Waals surface area contributed by atoms with Gasteiger partial charge in [0.2, 0.25) is 0 Å². The van der Waals surface area contributed by atoms with Gasteiger partial charge in [-0.1, -0.05) is 19.3 Å². The monoisotopic (exact) mass is 315 g/mol. The Labute approximate surface area is 138 Å². The molecule has 3 atom stereocenters. The van der Waals surface area contributed by atoms with Gasteiger partial charge in [-0.2, -0.15) is 0 Å². The van der Waals surface area contributed by atoms with Crippen LogP contribution in [0, 0.1) is 17.7 Å². The predicted octanol–water partition coefficient (Wildman–Crippen LogP) is 4.13. The molecule has 0 radical (unpaired) electrons. The van der Waals surface area contributed by atoms with E-state index in [2.05, 4.69) is 4.90 Å². The molecular weight excluding hydrogens is 289 g/mol. The predicted molar refractivity (Wildman–Crippen MR) is 88.2 cm³/mol. The highest BCUT2D eigenvalue weighted by molar-refractivity contribution is 5.44. The van der Waals surface area contributed by atoms with Gasteiger partial charge in [0.15, 0.2) is 0 Å². The molecule has 4 aliphatic rings. The van der Waals surface area contributed by atoms with Gasteiger partial charge in [-0.05, 0) is 68.8 Å². The molecule has 2 saturated carbocycles. The molecular formula is C20H26FNO. The molecule has 1 aromatic rings. The summed E-state index contributed by atoms with van der Waals surface area (Å²) in [6, 6.07) is 5.89. The van der Waals surface area contributed by atoms with Crippen molar-refractivity contribution in [3.63, 3.8) is 0 Å². The van der Waals surface area contributed by atoms with Crippen molar-refractivity contribution in [2.24, 2.45) is 11.8 Å². The molecule has 1 aromatic carbocycles. The summed E-state index contributed by atoms with van der Waals surface area (Å²) in [7, 11) is 0. The first-order valence-electron chi connectivity index (χ1n) is 9.42. The molecule has 3 heteroatoms. The van der Waals surface area contributed by atoms with Gasteiger partial charge in [-0.25, -0.2) is 4.39 Å². The first kappa shape index (κ1) is 14.3. The molecule has 2 heterocycles. The molecule has 1 saturated heterocycles. The summed E-state index contributed by atoms with van der Waals surface area (Å²) in [5.74, 6) is 2.78. The number of likely N-dealkylation sites (tertiary alicyclic amines) is 1. The van der Waals surface area contributed by atoms with Crippen LogP contribution in [0.5, 0.6) is 5.75 Å². The van der Waals surface area contributed by atoms with Crippen molar-refractivity contribution in [2.75, 3.05) is 19.7 Å². The average molecular weight is 315 g/mol. The van der Waals surface area contributed by atoms with Gasteiger partial charge in [-0.15, -0.1) is 0 Å². The molecule has 23 heavy (non-hydrogen) atoms. The van der Waals surface area contributed by atoms with Crippen molar-refractivity contribution in [2.45, 2.75) is 56.4 Å². The van der Waals surface area contributed by atoms with Crippen LogP contribution < -0.4 is 4.74 Å². The number of hydrogen-bond donors (Lipinski definition) is 0. The number of nitrogens with zero attached hydrogens (tertiary/aromatic N) is 1. The van der Waals surface area contributed by atoms with Crippen LogP contribution in [0.2, 0.25) is 0 Å². The fourth-order valence-corrected chi connectivity index (χ4v) is 5.78. The van der Waals surface area contributed by atoms with E-state index >= 15 is 0 Å². The topological polar surface area (TPSA) is 12.5 Å². The lowest BCUT2D eigenvalue weighted by Crippen LogP contribution is -2.57. The first-order valence-corrected chi connectivity index (χ1v) is 9.42. The normalized spacial score (nSPS) is 35.3. The molecule has 2 aliphatic carbocycles. The van der Waals surface area contributed by atoms with Crippen LogP contribution in [0.3, 0.4) is 0 Å². The highest BCUT2D eigenvalue weighted by Crippen LogP contribution is 2.50. The fraction of sp³-hybridized carbons (Fsp3) is 0.700. The van der Waals surface area contributed by atoms with E-state index in [0.717, 1.165) is 61.7 Å². The Kier molecular flexibility index (Phi) is 3.23. The summed E-state index contributed by atoms with van der Waals surface area (Å²) in [6.45, 7) is 3.07. The van der Waals surface area contributed by atoms with Gasteiger partial charge in [0.05, 0.1) is 6.61 Å². The maximum Gasteiger partial charge on any atom is 0.123 e. The van der Waals surface area contributed by atoms with Gasteiger partial charge in [-0.3, -0.25) is 0 Å². The molecule has 1 unspecified atom stereocenters. The van der Waals surface area contributed by atoms with Crippen molar-refractivity contribution in [3.8, 4) is 5.75 Å². The van der Waals surface area contributed by atoms with Crippen LogP contribution in [0.25, 0.3) is 0 Å². The Morgan fingerprint density at radius 3 is 2.78 bits per heavy atom. The van der Waals surface area contributed by atoms with E-state index in [1.54, 1.807) is 6.07 Å². The lowest BCUT2D eigenvalue weighted by atomic mass is 9.61. The smallest absolute Gasteiger partial charge is 0.123 e. The maximum atomic E-state index is 13.7. The zero-order valence-corrected chi connectivity index (χ0v) is 13.8. The van der Waals surface area contributed by atoms with Crippen LogP contribution in [0.1, 0.15) is 50.5 Å². The Bertz CT molecular complexity index is 608. The van der Waals surface area contributed by atoms with E-state index in [4.69, 9.17) is 4.74 Å². The number of benzene rings is 1. The Morgan fingerprint density at radius 2 is 1.96 bits per heavy atom. The van der Waals surface area contributed by atoms with Crippen molar-refractivity contribution in [1.82, 2.24) is 4.90 Å². The number of hydrogen-bond acceptors (Lipinski definition) is 2. The van der Waals surface area contributed by atoms with Crippen molar-refractivity contribution in [3.05, 3.63) is 29.6 Å². The van der Waals surface area contributed by atoms with Crippen LogP contribution in [0.15, 0.2) is 18.2 Å². The summed E-state index contributed by atoms with van der Waals surface area (Å²) >= 11 is 0. The van der Waals surface area contributed by atoms with Crippen molar-refractivity contribution in [1.29, 1.82) is 0 Å². The van der Waals surface area contributed by atoms with Gasteiger partial charge in [0.25, 0.3) is 0 Å². The molecule has 0 amide bonds. The zero-order valence-electron chi connectivity index (χ0n) is 13.8. The van der Waals surface area contributed by atoms with Gasteiger partial charge in [0, 0.05) is 17.0 Å². The summed E-state index contributed by atoms with van der Waals surface area (Å²) < 4.78 is 19.6. The quantitative estimate of drug-likeness (QED) is 0.772. The van der Waals surface area contributed by atoms with E-state index in [1.807, 2.05) is 6.07 Å². The van der Waals surface area contributed by atoms with Crippen molar-refractivity contribution >= 4 is 0 Å². The molecule has 5 rings (SSSR count). The fourth-order valence-electron chi connectivity index (χ4n) is 5.78. The van der Waals surface area contributed by atoms with E-state index < -0.39 is 0 Å². The SMILES string of the molecule is Fc1ccc2c(c1)C1(CCN([C@@H]3CC4CCCC[C@@H]43)CC1)CO2. The van der Waals surface area contributed by atoms with Gasteiger partial charge < -0.3 is 9.64 Å². The Morgan fingerprint density at radius 1 is 1.13 bits per heavy atom. The minimum atomic E-state index is -0.125. The van der Waals surface area contributed by atoms with E-state index in [9.17, 15) is 4.39 Å². The van der Waals surface area contributed by atoms with Crippen LogP contribution >= 0.6 is 0 Å². The van der Waals surface area contributed by atoms with E-state index in [0.29, 0.717) is 0 Å². The number of rotatable bonds is 1. The molecule has 2 nitrogen and oxygen atoms in total. The van der Waals surface area contributed by atoms with Crippen LogP contribution in [-0.2, 0) is 5.41 Å². The number of ether oxygens (including phenoxy) is 1. The molecule has 0 aromatic heterocycles. The second kappa shape index (κ2) is 5.20. The summed E-state index contributed by atoms with van der Waals surface area (Å²) in [6.07, 6.45) is 9.49. The second-order valence-electron chi connectivity index (χ2n) is 8.26. The molecule has 1 spiro atoms. The third-order valence-electron chi connectivity index (χ3n) is 7.25. The van der Waals surface area contributed by atoms with Gasteiger partial charge >= 0.3 is 0 Å². The maximum absolute atomic E-state index is 13.7. The molecule has 2 aliphatic heterocycles. The standard InChI is InChI=1S/C20H26FNO/c21-15-5-6-19-17(12-15)20(13-23-19)7-9-22(10-8-20)18-11-14-3-1-2-4-16(14)18/h5-6,12,14,16,18H,1-4,7-11,13H2/t14?,16-,18+/m0/s1. The Hall–Kier alpha value is -1.09. The lowest BCUT2D eigenvalue weighted by molar-refractivity contribution is -0.0404. The summed E-state index contributed by atoms with van der Waals surface area (Å²) in [5, 5.41) is 0. The van der Waals surface area contributed by atoms with E-state index in [-0.39, 0.29) is 11.2 Å². The third kappa shape index (κ3) is 2.15. The molecule has 124 valence electrons. The summed E-state index contributed by atoms with van der Waals surface area (Å²) in [5.41, 5.74) is 1.20. The minimum absolute atomic E-state index is 0.0731. The van der Waals surface area contributed by atoms with Gasteiger partial charge in [0.1, 0.15) is 11.6 Å². The zero-order chi connectivity index (χ0) is 15.4. The highest BCUT2D eigenvalue weighted by Gasteiger charge is 2.49. The average Bonchev–Trinajstić information content (AvgIpc) is 2.89. The second-order valence-corrected chi connectivity index (χ2v) is 8.26.